The quantitative estimate of drug-likeness (QED) is 0.585. The van der Waals surface area contributed by atoms with Gasteiger partial charge in [-0.2, -0.15) is 0 Å². The van der Waals surface area contributed by atoms with Crippen molar-refractivity contribution in [3.05, 3.63) is 78.3 Å². The molecule has 1 N–H and O–H groups in total. The van der Waals surface area contributed by atoms with Crippen molar-refractivity contribution in [1.82, 2.24) is 0 Å². The Kier molecular flexibility index (Phi) is 6.03. The minimum atomic E-state index is -3.26. The number of furan rings is 1. The molecule has 5 nitrogen and oxygen atoms in total. The number of sulfone groups is 1. The van der Waals surface area contributed by atoms with E-state index in [9.17, 15) is 13.2 Å². The summed E-state index contributed by atoms with van der Waals surface area (Å²) in [5.41, 5.74) is 1.31. The molecule has 7 heteroatoms. The van der Waals surface area contributed by atoms with E-state index in [1.807, 2.05) is 30.3 Å². The summed E-state index contributed by atoms with van der Waals surface area (Å²) < 4.78 is 29.1. The van der Waals surface area contributed by atoms with Crippen molar-refractivity contribution in [3.8, 4) is 0 Å². The van der Waals surface area contributed by atoms with Crippen LogP contribution in [0.1, 0.15) is 23.0 Å². The molecule has 27 heavy (non-hydrogen) atoms. The predicted molar refractivity (Wildman–Crippen MR) is 107 cm³/mol. The Bertz CT molecular complexity index is 1010. The van der Waals surface area contributed by atoms with Crippen LogP contribution in [0.5, 0.6) is 0 Å². The molecular formula is C20H19NO4S2. The van der Waals surface area contributed by atoms with E-state index >= 15 is 0 Å². The van der Waals surface area contributed by atoms with E-state index in [4.69, 9.17) is 4.42 Å². The average Bonchev–Trinajstić information content (AvgIpc) is 3.16. The minimum Gasteiger partial charge on any atom is -0.459 e. The SMILES string of the molecule is CCS(=O)(=O)c1ccc(NC(=O)c2occc2CSc2ccccc2)cc1. The van der Waals surface area contributed by atoms with Crippen LogP contribution < -0.4 is 5.32 Å². The molecular weight excluding hydrogens is 382 g/mol. The summed E-state index contributed by atoms with van der Waals surface area (Å²) in [6.07, 6.45) is 1.49. The third kappa shape index (κ3) is 4.81. The molecule has 0 spiro atoms. The lowest BCUT2D eigenvalue weighted by atomic mass is 10.2. The number of nitrogens with one attached hydrogen (secondary N) is 1. The molecule has 3 aromatic rings. The minimum absolute atomic E-state index is 0.0353. The summed E-state index contributed by atoms with van der Waals surface area (Å²) in [4.78, 5) is 13.9. The molecule has 0 bridgehead atoms. The normalized spacial score (nSPS) is 11.3. The van der Waals surface area contributed by atoms with Crippen LogP contribution in [-0.4, -0.2) is 20.1 Å². The van der Waals surface area contributed by atoms with Gasteiger partial charge in [-0.1, -0.05) is 25.1 Å². The Balaban J connectivity index is 1.67. The molecule has 140 valence electrons. The van der Waals surface area contributed by atoms with Crippen LogP contribution in [0, 0.1) is 0 Å². The van der Waals surface area contributed by atoms with Crippen LogP contribution in [0.3, 0.4) is 0 Å². The maximum absolute atomic E-state index is 12.5. The van der Waals surface area contributed by atoms with E-state index in [0.717, 1.165) is 10.5 Å². The summed E-state index contributed by atoms with van der Waals surface area (Å²) in [5.74, 6) is 0.531. The van der Waals surface area contributed by atoms with Crippen LogP contribution in [0.2, 0.25) is 0 Å². The first kappa shape index (κ1) is 19.3. The maximum atomic E-state index is 12.5. The highest BCUT2D eigenvalue weighted by Crippen LogP contribution is 2.25. The Hall–Kier alpha value is -2.51. The van der Waals surface area contributed by atoms with E-state index in [-0.39, 0.29) is 22.3 Å². The first-order valence-electron chi connectivity index (χ1n) is 8.38. The number of carbonyl (C=O) groups is 1. The fraction of sp³-hybridized carbons (Fsp3) is 0.150. The molecule has 3 rings (SSSR count). The van der Waals surface area contributed by atoms with Gasteiger partial charge >= 0.3 is 0 Å². The van der Waals surface area contributed by atoms with Gasteiger partial charge in [-0.05, 0) is 42.5 Å². The van der Waals surface area contributed by atoms with Gasteiger partial charge in [0.15, 0.2) is 15.6 Å². The second-order valence-corrected chi connectivity index (χ2v) is 9.09. The van der Waals surface area contributed by atoms with Gasteiger partial charge in [0.05, 0.1) is 16.9 Å². The lowest BCUT2D eigenvalue weighted by Gasteiger charge is -2.07. The lowest BCUT2D eigenvalue weighted by Crippen LogP contribution is -2.13. The van der Waals surface area contributed by atoms with E-state index in [1.165, 1.54) is 18.4 Å². The average molecular weight is 402 g/mol. The maximum Gasteiger partial charge on any atom is 0.291 e. The Morgan fingerprint density at radius 2 is 1.74 bits per heavy atom. The number of carbonyl (C=O) groups excluding carboxylic acids is 1. The predicted octanol–water partition coefficient (Wildman–Crippen LogP) is 4.62. The van der Waals surface area contributed by atoms with E-state index in [0.29, 0.717) is 11.4 Å². The number of hydrogen-bond donors (Lipinski definition) is 1. The highest BCUT2D eigenvalue weighted by atomic mass is 32.2. The zero-order valence-electron chi connectivity index (χ0n) is 14.7. The molecule has 0 saturated carbocycles. The summed E-state index contributed by atoms with van der Waals surface area (Å²) in [7, 11) is -3.26. The number of benzene rings is 2. The van der Waals surface area contributed by atoms with Gasteiger partial charge in [-0.15, -0.1) is 11.8 Å². The number of hydrogen-bond acceptors (Lipinski definition) is 5. The van der Waals surface area contributed by atoms with Crippen LogP contribution >= 0.6 is 11.8 Å². The summed E-state index contributed by atoms with van der Waals surface area (Å²) in [6, 6.07) is 17.8. The molecule has 1 heterocycles. The number of amides is 1. The summed E-state index contributed by atoms with van der Waals surface area (Å²) in [5, 5.41) is 2.74. The Labute approximate surface area is 162 Å². The van der Waals surface area contributed by atoms with Crippen molar-refractivity contribution < 1.29 is 17.6 Å². The first-order valence-corrected chi connectivity index (χ1v) is 11.0. The number of thioether (sulfide) groups is 1. The monoisotopic (exact) mass is 401 g/mol. The smallest absolute Gasteiger partial charge is 0.291 e. The molecule has 0 aliphatic heterocycles. The molecule has 0 radical (unpaired) electrons. The number of rotatable bonds is 7. The topological polar surface area (TPSA) is 76.4 Å². The van der Waals surface area contributed by atoms with Gasteiger partial charge in [0.1, 0.15) is 0 Å². The van der Waals surface area contributed by atoms with Gasteiger partial charge in [0.25, 0.3) is 5.91 Å². The summed E-state index contributed by atoms with van der Waals surface area (Å²) in [6.45, 7) is 1.59. The van der Waals surface area contributed by atoms with Crippen molar-refractivity contribution in [1.29, 1.82) is 0 Å². The Morgan fingerprint density at radius 1 is 1.04 bits per heavy atom. The van der Waals surface area contributed by atoms with E-state index in [2.05, 4.69) is 5.32 Å². The lowest BCUT2D eigenvalue weighted by molar-refractivity contribution is 0.0996. The third-order valence-electron chi connectivity index (χ3n) is 3.94. The van der Waals surface area contributed by atoms with Gasteiger partial charge in [-0.3, -0.25) is 4.79 Å². The fourth-order valence-corrected chi connectivity index (χ4v) is 4.21. The third-order valence-corrected chi connectivity index (χ3v) is 6.75. The molecule has 0 saturated heterocycles. The summed E-state index contributed by atoms with van der Waals surface area (Å²) >= 11 is 1.62. The zero-order valence-corrected chi connectivity index (χ0v) is 16.3. The second kappa shape index (κ2) is 8.45. The molecule has 0 fully saturated rings. The van der Waals surface area contributed by atoms with Crippen LogP contribution in [-0.2, 0) is 15.6 Å². The first-order chi connectivity index (χ1) is 13.0. The molecule has 0 aliphatic carbocycles. The molecule has 1 amide bonds. The van der Waals surface area contributed by atoms with E-state index in [1.54, 1.807) is 36.9 Å². The fourth-order valence-electron chi connectivity index (χ4n) is 2.43. The van der Waals surface area contributed by atoms with Gasteiger partial charge in [-0.25, -0.2) is 8.42 Å². The second-order valence-electron chi connectivity index (χ2n) is 5.76. The number of anilines is 1. The van der Waals surface area contributed by atoms with Crippen molar-refractivity contribution >= 4 is 33.2 Å². The van der Waals surface area contributed by atoms with Crippen molar-refractivity contribution in [2.24, 2.45) is 0 Å². The van der Waals surface area contributed by atoms with Gasteiger partial charge in [0, 0.05) is 21.9 Å². The molecule has 1 aromatic heterocycles. The van der Waals surface area contributed by atoms with Crippen LogP contribution in [0.15, 0.2) is 81.1 Å². The van der Waals surface area contributed by atoms with Gasteiger partial charge in [0.2, 0.25) is 0 Å². The highest BCUT2D eigenvalue weighted by Gasteiger charge is 2.17. The van der Waals surface area contributed by atoms with Gasteiger partial charge < -0.3 is 9.73 Å². The van der Waals surface area contributed by atoms with E-state index < -0.39 is 9.84 Å². The molecule has 0 aliphatic rings. The Morgan fingerprint density at radius 3 is 2.41 bits per heavy atom. The molecule has 0 atom stereocenters. The van der Waals surface area contributed by atoms with Crippen LogP contribution in [0.25, 0.3) is 0 Å². The molecule has 2 aromatic carbocycles. The van der Waals surface area contributed by atoms with Crippen molar-refractivity contribution in [2.75, 3.05) is 11.1 Å². The van der Waals surface area contributed by atoms with Crippen molar-refractivity contribution in [3.63, 3.8) is 0 Å². The van der Waals surface area contributed by atoms with Crippen molar-refractivity contribution in [2.45, 2.75) is 22.5 Å². The zero-order chi connectivity index (χ0) is 19.3. The molecule has 0 unspecified atom stereocenters. The standard InChI is InChI=1S/C20H19NO4S2/c1-2-27(23,24)18-10-8-16(9-11-18)21-20(22)19-15(12-13-25-19)14-26-17-6-4-3-5-7-17/h3-13H,2,14H2,1H3,(H,21,22). The largest absolute Gasteiger partial charge is 0.459 e. The highest BCUT2D eigenvalue weighted by molar-refractivity contribution is 7.98. The van der Waals surface area contributed by atoms with Crippen LogP contribution in [0.4, 0.5) is 5.69 Å².